The van der Waals surface area contributed by atoms with Crippen LogP contribution in [-0.2, 0) is 0 Å². The molecule has 0 aliphatic rings. The summed E-state index contributed by atoms with van der Waals surface area (Å²) in [5.74, 6) is 0.753. The van der Waals surface area contributed by atoms with E-state index < -0.39 is 0 Å². The van der Waals surface area contributed by atoms with E-state index >= 15 is 0 Å². The zero-order chi connectivity index (χ0) is 11.5. The summed E-state index contributed by atoms with van der Waals surface area (Å²) < 4.78 is 5.14. The number of aromatic nitrogens is 1. The lowest BCUT2D eigenvalue weighted by Crippen LogP contribution is -1.92. The minimum atomic E-state index is 0.00185. The lowest BCUT2D eigenvalue weighted by molar-refractivity contribution is 0.104. The molecule has 0 aliphatic carbocycles. The van der Waals surface area contributed by atoms with Gasteiger partial charge in [0.25, 0.3) is 0 Å². The van der Waals surface area contributed by atoms with E-state index in [-0.39, 0.29) is 5.78 Å². The number of ether oxygens (including phenoxy) is 1. The summed E-state index contributed by atoms with van der Waals surface area (Å²) in [7, 11) is 1.61. The second-order valence-electron chi connectivity index (χ2n) is 3.48. The Morgan fingerprint density at radius 3 is 2.94 bits per heavy atom. The highest BCUT2D eigenvalue weighted by Crippen LogP contribution is 2.24. The zero-order valence-corrected chi connectivity index (χ0v) is 9.28. The standard InChI is InChI=1S/C13H13NO2/c1-3-4-13(15)11-8-14-12-6-5-9(16-2)7-10(11)12/h3-8,14H,1-2H3/b4-3+. The van der Waals surface area contributed by atoms with Gasteiger partial charge in [-0.1, -0.05) is 6.08 Å². The topological polar surface area (TPSA) is 42.1 Å². The third-order valence-corrected chi connectivity index (χ3v) is 2.47. The van der Waals surface area contributed by atoms with Gasteiger partial charge in [0.15, 0.2) is 5.78 Å². The van der Waals surface area contributed by atoms with Gasteiger partial charge in [-0.3, -0.25) is 4.79 Å². The highest BCUT2D eigenvalue weighted by molar-refractivity contribution is 6.13. The fraction of sp³-hybridized carbons (Fsp3) is 0.154. The zero-order valence-electron chi connectivity index (χ0n) is 9.28. The number of hydrogen-bond donors (Lipinski definition) is 1. The number of nitrogens with one attached hydrogen (secondary N) is 1. The van der Waals surface area contributed by atoms with Crippen LogP contribution in [0, 0.1) is 0 Å². The van der Waals surface area contributed by atoms with E-state index in [2.05, 4.69) is 4.98 Å². The van der Waals surface area contributed by atoms with E-state index in [0.717, 1.165) is 16.7 Å². The summed E-state index contributed by atoms with van der Waals surface area (Å²) in [5.41, 5.74) is 1.61. The van der Waals surface area contributed by atoms with Gasteiger partial charge in [0, 0.05) is 22.7 Å². The number of methoxy groups -OCH3 is 1. The van der Waals surface area contributed by atoms with Gasteiger partial charge < -0.3 is 9.72 Å². The molecule has 2 rings (SSSR count). The van der Waals surface area contributed by atoms with Crippen LogP contribution in [0.15, 0.2) is 36.5 Å². The van der Waals surface area contributed by atoms with E-state index in [1.54, 1.807) is 25.5 Å². The molecule has 3 heteroatoms. The van der Waals surface area contributed by atoms with Crippen molar-refractivity contribution in [1.29, 1.82) is 0 Å². The van der Waals surface area contributed by atoms with Crippen molar-refractivity contribution in [3.05, 3.63) is 42.1 Å². The van der Waals surface area contributed by atoms with E-state index in [1.165, 1.54) is 0 Å². The van der Waals surface area contributed by atoms with Gasteiger partial charge >= 0.3 is 0 Å². The number of aromatic amines is 1. The smallest absolute Gasteiger partial charge is 0.187 e. The van der Waals surface area contributed by atoms with Crippen LogP contribution in [0.3, 0.4) is 0 Å². The molecule has 0 bridgehead atoms. The summed E-state index contributed by atoms with van der Waals surface area (Å²) in [6.45, 7) is 1.83. The van der Waals surface area contributed by atoms with Crippen molar-refractivity contribution in [3.8, 4) is 5.75 Å². The summed E-state index contributed by atoms with van der Waals surface area (Å²) in [4.78, 5) is 14.8. The molecule has 0 unspecified atom stereocenters. The molecule has 0 aliphatic heterocycles. The van der Waals surface area contributed by atoms with Crippen LogP contribution in [0.1, 0.15) is 17.3 Å². The van der Waals surface area contributed by atoms with Gasteiger partial charge in [-0.2, -0.15) is 0 Å². The fourth-order valence-electron chi connectivity index (χ4n) is 1.67. The van der Waals surface area contributed by atoms with E-state index in [0.29, 0.717) is 5.56 Å². The van der Waals surface area contributed by atoms with E-state index in [1.807, 2.05) is 25.1 Å². The second-order valence-corrected chi connectivity index (χ2v) is 3.48. The highest BCUT2D eigenvalue weighted by atomic mass is 16.5. The second kappa shape index (κ2) is 4.23. The molecule has 1 N–H and O–H groups in total. The average molecular weight is 215 g/mol. The molecular weight excluding hydrogens is 202 g/mol. The maximum Gasteiger partial charge on any atom is 0.187 e. The Kier molecular flexibility index (Phi) is 2.77. The molecule has 3 nitrogen and oxygen atoms in total. The van der Waals surface area contributed by atoms with Gasteiger partial charge in [0.2, 0.25) is 0 Å². The highest BCUT2D eigenvalue weighted by Gasteiger charge is 2.09. The minimum Gasteiger partial charge on any atom is -0.497 e. The maximum atomic E-state index is 11.8. The van der Waals surface area contributed by atoms with Crippen LogP contribution in [0.4, 0.5) is 0 Å². The van der Waals surface area contributed by atoms with Crippen molar-refractivity contribution in [3.63, 3.8) is 0 Å². The van der Waals surface area contributed by atoms with Crippen LogP contribution in [-0.4, -0.2) is 17.9 Å². The SMILES string of the molecule is C/C=C/C(=O)c1c[nH]c2ccc(OC)cc12. The quantitative estimate of drug-likeness (QED) is 0.631. The van der Waals surface area contributed by atoms with E-state index in [9.17, 15) is 4.79 Å². The Balaban J connectivity index is 2.58. The summed E-state index contributed by atoms with van der Waals surface area (Å²) in [6.07, 6.45) is 5.02. The number of carbonyl (C=O) groups excluding carboxylic acids is 1. The summed E-state index contributed by atoms with van der Waals surface area (Å²) >= 11 is 0. The van der Waals surface area contributed by atoms with Crippen molar-refractivity contribution in [1.82, 2.24) is 4.98 Å². The molecule has 1 aromatic heterocycles. The fourth-order valence-corrected chi connectivity index (χ4v) is 1.67. The average Bonchev–Trinajstić information content (AvgIpc) is 2.71. The molecule has 1 heterocycles. The predicted octanol–water partition coefficient (Wildman–Crippen LogP) is 2.94. The van der Waals surface area contributed by atoms with Gasteiger partial charge in [0.05, 0.1) is 7.11 Å². The first-order chi connectivity index (χ1) is 7.76. The Bertz CT molecular complexity index is 552. The lowest BCUT2D eigenvalue weighted by atomic mass is 10.1. The third kappa shape index (κ3) is 1.72. The van der Waals surface area contributed by atoms with Crippen molar-refractivity contribution in [2.75, 3.05) is 7.11 Å². The summed E-state index contributed by atoms with van der Waals surface area (Å²) in [5, 5.41) is 0.891. The first-order valence-corrected chi connectivity index (χ1v) is 5.08. The molecule has 0 saturated heterocycles. The van der Waals surface area contributed by atoms with Gasteiger partial charge in [-0.05, 0) is 31.2 Å². The Morgan fingerprint density at radius 1 is 1.44 bits per heavy atom. The van der Waals surface area contributed by atoms with Crippen LogP contribution < -0.4 is 4.74 Å². The molecule has 0 spiro atoms. The number of hydrogen-bond acceptors (Lipinski definition) is 2. The number of H-pyrrole nitrogens is 1. The number of ketones is 1. The molecule has 2 aromatic rings. The Labute approximate surface area is 93.7 Å². The molecule has 0 atom stereocenters. The number of allylic oxidation sites excluding steroid dienone is 2. The van der Waals surface area contributed by atoms with Gasteiger partial charge in [-0.25, -0.2) is 0 Å². The lowest BCUT2D eigenvalue weighted by Gasteiger charge is -1.99. The molecule has 82 valence electrons. The van der Waals surface area contributed by atoms with E-state index in [4.69, 9.17) is 4.74 Å². The van der Waals surface area contributed by atoms with Gasteiger partial charge in [0.1, 0.15) is 5.75 Å². The number of fused-ring (bicyclic) bond motifs is 1. The van der Waals surface area contributed by atoms with Crippen LogP contribution in [0.2, 0.25) is 0 Å². The first-order valence-electron chi connectivity index (χ1n) is 5.08. The van der Waals surface area contributed by atoms with Crippen molar-refractivity contribution < 1.29 is 9.53 Å². The Morgan fingerprint density at radius 2 is 2.25 bits per heavy atom. The molecule has 16 heavy (non-hydrogen) atoms. The van der Waals surface area contributed by atoms with Crippen molar-refractivity contribution in [2.24, 2.45) is 0 Å². The molecule has 1 aromatic carbocycles. The first kappa shape index (κ1) is 10.5. The number of carbonyl (C=O) groups is 1. The Hall–Kier alpha value is -2.03. The molecule has 0 amide bonds. The molecule has 0 fully saturated rings. The van der Waals surface area contributed by atoms with Crippen molar-refractivity contribution >= 4 is 16.7 Å². The van der Waals surface area contributed by atoms with Crippen molar-refractivity contribution in [2.45, 2.75) is 6.92 Å². The predicted molar refractivity (Wildman–Crippen MR) is 64.0 cm³/mol. The normalized spacial score (nSPS) is 11.1. The number of rotatable bonds is 3. The third-order valence-electron chi connectivity index (χ3n) is 2.47. The van der Waals surface area contributed by atoms with Crippen LogP contribution >= 0.6 is 0 Å². The maximum absolute atomic E-state index is 11.8. The summed E-state index contributed by atoms with van der Waals surface area (Å²) in [6, 6.07) is 5.63. The molecular formula is C13H13NO2. The largest absolute Gasteiger partial charge is 0.497 e. The van der Waals surface area contributed by atoms with Gasteiger partial charge in [-0.15, -0.1) is 0 Å². The molecule has 0 radical (unpaired) electrons. The monoisotopic (exact) mass is 215 g/mol. The number of benzene rings is 1. The van der Waals surface area contributed by atoms with Crippen LogP contribution in [0.25, 0.3) is 10.9 Å². The minimum absolute atomic E-state index is 0.00185. The van der Waals surface area contributed by atoms with Crippen LogP contribution in [0.5, 0.6) is 5.75 Å². The molecule has 0 saturated carbocycles.